The smallest absolute Gasteiger partial charge is 0.260 e. The number of carbonyl (C=O) groups is 1. The molecule has 1 heterocycles. The fourth-order valence-corrected chi connectivity index (χ4v) is 5.26. The molecule has 1 amide bonds. The van der Waals surface area contributed by atoms with Crippen LogP contribution in [-0.2, 0) is 6.42 Å². The molecular formula is C24H31N3OS2. The monoisotopic (exact) mass is 441 g/mol. The number of thioether (sulfide) groups is 1. The topological polar surface area (TPSA) is 36.4 Å². The third-order valence-electron chi connectivity index (χ3n) is 5.27. The molecular weight excluding hydrogens is 410 g/mol. The lowest BCUT2D eigenvalue weighted by atomic mass is 10.1. The van der Waals surface area contributed by atoms with Gasteiger partial charge >= 0.3 is 0 Å². The zero-order valence-corrected chi connectivity index (χ0v) is 20.0. The predicted octanol–water partition coefficient (Wildman–Crippen LogP) is 5.96. The fraction of sp³-hybridized carbons (Fsp3) is 0.417. The highest BCUT2D eigenvalue weighted by atomic mass is 32.2. The molecule has 0 radical (unpaired) electrons. The molecule has 0 bridgehead atoms. The second kappa shape index (κ2) is 10.9. The molecule has 0 unspecified atom stereocenters. The van der Waals surface area contributed by atoms with E-state index in [1.54, 1.807) is 23.1 Å². The molecule has 0 aliphatic rings. The second-order valence-electron chi connectivity index (χ2n) is 7.06. The van der Waals surface area contributed by atoms with Crippen LogP contribution in [0.3, 0.4) is 0 Å². The number of likely N-dealkylation sites (N-methyl/N-ethyl adjacent to an activating group) is 1. The van der Waals surface area contributed by atoms with E-state index in [-0.39, 0.29) is 5.91 Å². The van der Waals surface area contributed by atoms with Gasteiger partial charge in [0.1, 0.15) is 0 Å². The van der Waals surface area contributed by atoms with Gasteiger partial charge < -0.3 is 4.90 Å². The van der Waals surface area contributed by atoms with E-state index < -0.39 is 0 Å². The molecule has 4 nitrogen and oxygen atoms in total. The molecule has 30 heavy (non-hydrogen) atoms. The van der Waals surface area contributed by atoms with Crippen LogP contribution < -0.4 is 4.90 Å². The molecule has 1 aromatic heterocycles. The Hall–Kier alpha value is -1.89. The second-order valence-corrected chi connectivity index (χ2v) is 9.40. The summed E-state index contributed by atoms with van der Waals surface area (Å²) < 4.78 is 1.14. The Labute approximate surface area is 188 Å². The minimum absolute atomic E-state index is 0.0258. The quantitative estimate of drug-likeness (QED) is 0.364. The number of thiazole rings is 1. The number of fused-ring (bicyclic) bond motifs is 1. The molecule has 0 saturated heterocycles. The van der Waals surface area contributed by atoms with Gasteiger partial charge in [-0.25, -0.2) is 4.98 Å². The Bertz CT molecular complexity index is 981. The Kier molecular flexibility index (Phi) is 8.31. The van der Waals surface area contributed by atoms with E-state index in [1.807, 2.05) is 23.1 Å². The molecule has 3 aromatic rings. The predicted molar refractivity (Wildman–Crippen MR) is 131 cm³/mol. The zero-order valence-electron chi connectivity index (χ0n) is 18.4. The molecule has 6 heteroatoms. The SMILES string of the molecule is CCSc1cccc(C(=O)N(CCN(CC)CC)c2nc3c(CC)cccc3s2)c1. The average Bonchev–Trinajstić information content (AvgIpc) is 3.21. The molecule has 160 valence electrons. The van der Waals surface area contributed by atoms with Crippen molar-refractivity contribution in [3.8, 4) is 0 Å². The first kappa shape index (κ1) is 22.8. The molecule has 0 saturated carbocycles. The summed E-state index contributed by atoms with van der Waals surface area (Å²) in [4.78, 5) is 23.8. The van der Waals surface area contributed by atoms with Gasteiger partial charge in [-0.1, -0.05) is 57.2 Å². The highest BCUT2D eigenvalue weighted by Gasteiger charge is 2.22. The van der Waals surface area contributed by atoms with Crippen LogP contribution in [-0.4, -0.2) is 47.7 Å². The molecule has 0 atom stereocenters. The first-order chi connectivity index (χ1) is 14.6. The van der Waals surface area contributed by atoms with E-state index in [4.69, 9.17) is 4.98 Å². The van der Waals surface area contributed by atoms with Gasteiger partial charge in [0.25, 0.3) is 5.91 Å². The maximum absolute atomic E-state index is 13.6. The van der Waals surface area contributed by atoms with Gasteiger partial charge in [0.2, 0.25) is 0 Å². The molecule has 0 spiro atoms. The summed E-state index contributed by atoms with van der Waals surface area (Å²) in [6.07, 6.45) is 0.935. The third kappa shape index (κ3) is 5.23. The van der Waals surface area contributed by atoms with Gasteiger partial charge in [0, 0.05) is 23.5 Å². The van der Waals surface area contributed by atoms with E-state index in [0.29, 0.717) is 6.54 Å². The van der Waals surface area contributed by atoms with Gasteiger partial charge in [0.15, 0.2) is 5.13 Å². The number of aryl methyl sites for hydroxylation is 1. The number of carbonyl (C=O) groups excluding carboxylic acids is 1. The summed E-state index contributed by atoms with van der Waals surface area (Å²) >= 11 is 3.37. The maximum atomic E-state index is 13.6. The summed E-state index contributed by atoms with van der Waals surface area (Å²) in [6, 6.07) is 14.3. The molecule has 0 N–H and O–H groups in total. The van der Waals surface area contributed by atoms with Crippen LogP contribution >= 0.6 is 23.1 Å². The Morgan fingerprint density at radius 3 is 2.50 bits per heavy atom. The zero-order chi connectivity index (χ0) is 21.5. The van der Waals surface area contributed by atoms with Gasteiger partial charge in [-0.05, 0) is 55.1 Å². The van der Waals surface area contributed by atoms with E-state index >= 15 is 0 Å². The summed E-state index contributed by atoms with van der Waals surface area (Å²) in [5.41, 5.74) is 2.98. The Morgan fingerprint density at radius 1 is 1.03 bits per heavy atom. The van der Waals surface area contributed by atoms with Crippen LogP contribution in [0.2, 0.25) is 0 Å². The number of rotatable bonds is 10. The summed E-state index contributed by atoms with van der Waals surface area (Å²) in [5.74, 6) is 1.01. The van der Waals surface area contributed by atoms with Crippen LogP contribution in [0.1, 0.15) is 43.6 Å². The largest absolute Gasteiger partial charge is 0.302 e. The number of nitrogens with zero attached hydrogens (tertiary/aromatic N) is 3. The lowest BCUT2D eigenvalue weighted by molar-refractivity contribution is 0.0983. The number of benzene rings is 2. The molecule has 0 fully saturated rings. The van der Waals surface area contributed by atoms with E-state index in [9.17, 15) is 4.79 Å². The van der Waals surface area contributed by atoms with Gasteiger partial charge in [-0.15, -0.1) is 11.8 Å². The van der Waals surface area contributed by atoms with E-state index in [0.717, 1.165) is 57.6 Å². The number of aromatic nitrogens is 1. The van der Waals surface area contributed by atoms with Crippen LogP contribution in [0.15, 0.2) is 47.4 Å². The highest BCUT2D eigenvalue weighted by molar-refractivity contribution is 7.99. The maximum Gasteiger partial charge on any atom is 0.260 e. The van der Waals surface area contributed by atoms with Gasteiger partial charge in [0.05, 0.1) is 10.2 Å². The normalized spacial score (nSPS) is 11.4. The average molecular weight is 442 g/mol. The lowest BCUT2D eigenvalue weighted by Crippen LogP contribution is -2.38. The van der Waals surface area contributed by atoms with Crippen molar-refractivity contribution >= 4 is 44.4 Å². The van der Waals surface area contributed by atoms with Crippen molar-refractivity contribution in [2.75, 3.05) is 36.8 Å². The first-order valence-electron chi connectivity index (χ1n) is 10.8. The van der Waals surface area contributed by atoms with Crippen LogP contribution in [0, 0.1) is 0 Å². The van der Waals surface area contributed by atoms with Crippen LogP contribution in [0.5, 0.6) is 0 Å². The number of amides is 1. The number of hydrogen-bond acceptors (Lipinski definition) is 5. The summed E-state index contributed by atoms with van der Waals surface area (Å²) in [5, 5.41) is 0.789. The number of anilines is 1. The summed E-state index contributed by atoms with van der Waals surface area (Å²) in [6.45, 7) is 12.0. The van der Waals surface area contributed by atoms with E-state index in [1.165, 1.54) is 5.56 Å². The fourth-order valence-electron chi connectivity index (χ4n) is 3.50. The minimum Gasteiger partial charge on any atom is -0.302 e. The minimum atomic E-state index is 0.0258. The Balaban J connectivity index is 1.98. The first-order valence-corrected chi connectivity index (χ1v) is 12.6. The van der Waals surface area contributed by atoms with Crippen LogP contribution in [0.25, 0.3) is 10.2 Å². The number of hydrogen-bond donors (Lipinski definition) is 0. The van der Waals surface area contributed by atoms with Crippen molar-refractivity contribution in [1.29, 1.82) is 0 Å². The van der Waals surface area contributed by atoms with Crippen molar-refractivity contribution in [1.82, 2.24) is 9.88 Å². The molecule has 2 aromatic carbocycles. The van der Waals surface area contributed by atoms with Crippen LogP contribution in [0.4, 0.5) is 5.13 Å². The lowest BCUT2D eigenvalue weighted by Gasteiger charge is -2.25. The van der Waals surface area contributed by atoms with Gasteiger partial charge in [-0.2, -0.15) is 0 Å². The highest BCUT2D eigenvalue weighted by Crippen LogP contribution is 2.32. The standard InChI is InChI=1S/C24H31N3OS2/c1-5-18-11-10-14-21-22(18)25-24(30-21)27(16-15-26(6-2)7-3)23(28)19-12-9-13-20(17-19)29-8-4/h9-14,17H,5-8,15-16H2,1-4H3. The van der Waals surface area contributed by atoms with Crippen molar-refractivity contribution in [2.24, 2.45) is 0 Å². The van der Waals surface area contributed by atoms with Gasteiger partial charge in [-0.3, -0.25) is 9.69 Å². The van der Waals surface area contributed by atoms with Crippen molar-refractivity contribution in [2.45, 2.75) is 39.0 Å². The van der Waals surface area contributed by atoms with Crippen molar-refractivity contribution in [3.05, 3.63) is 53.6 Å². The third-order valence-corrected chi connectivity index (χ3v) is 7.19. The van der Waals surface area contributed by atoms with E-state index in [2.05, 4.69) is 56.9 Å². The van der Waals surface area contributed by atoms with Crippen molar-refractivity contribution in [3.63, 3.8) is 0 Å². The molecule has 0 aliphatic heterocycles. The molecule has 0 aliphatic carbocycles. The van der Waals surface area contributed by atoms with Crippen molar-refractivity contribution < 1.29 is 4.79 Å². The number of para-hydroxylation sites is 1. The Morgan fingerprint density at radius 2 is 1.80 bits per heavy atom. The molecule has 3 rings (SSSR count). The summed E-state index contributed by atoms with van der Waals surface area (Å²) in [7, 11) is 0.